The monoisotopic (exact) mass is 264 g/mol. The topological polar surface area (TPSA) is 50.4 Å². The first-order valence-corrected chi connectivity index (χ1v) is 6.96. The maximum absolute atomic E-state index is 11.2. The van der Waals surface area contributed by atoms with Crippen molar-refractivity contribution in [2.45, 2.75) is 46.1 Å². The van der Waals surface area contributed by atoms with E-state index in [1.54, 1.807) is 6.92 Å². The molecular weight excluding hydrogens is 240 g/mol. The van der Waals surface area contributed by atoms with Gasteiger partial charge < -0.3 is 10.1 Å². The average Bonchev–Trinajstić information content (AvgIpc) is 2.39. The third kappa shape index (κ3) is 6.13. The van der Waals surface area contributed by atoms with Gasteiger partial charge in [-0.3, -0.25) is 5.32 Å². The van der Waals surface area contributed by atoms with Gasteiger partial charge in [0.25, 0.3) is 0 Å². The largest absolute Gasteiger partial charge is 0.450 e. The number of hydrogen-bond donors (Lipinski definition) is 2. The molecule has 1 aromatic rings. The molecule has 0 aliphatic rings. The molecule has 1 amide bonds. The molecule has 2 N–H and O–H groups in total. The van der Waals surface area contributed by atoms with Gasteiger partial charge in [0.1, 0.15) is 0 Å². The third-order valence-electron chi connectivity index (χ3n) is 2.81. The molecule has 106 valence electrons. The number of amides is 1. The number of rotatable bonds is 7. The Labute approximate surface area is 115 Å². The lowest BCUT2D eigenvalue weighted by Crippen LogP contribution is -2.15. The number of nitrogens with one attached hydrogen (secondary N) is 2. The number of benzene rings is 1. The predicted molar refractivity (Wildman–Crippen MR) is 79.7 cm³/mol. The normalized spacial score (nSPS) is 11.7. The molecule has 1 rings (SSSR count). The molecule has 0 spiro atoms. The maximum atomic E-state index is 11.2. The zero-order valence-corrected chi connectivity index (χ0v) is 12.0. The van der Waals surface area contributed by atoms with Gasteiger partial charge in [-0.05, 0) is 44.5 Å². The van der Waals surface area contributed by atoms with Gasteiger partial charge >= 0.3 is 6.09 Å². The quantitative estimate of drug-likeness (QED) is 0.774. The second-order valence-corrected chi connectivity index (χ2v) is 4.61. The number of carbonyl (C=O) groups excluding carboxylic acids is 1. The number of ether oxygens (including phenoxy) is 1. The van der Waals surface area contributed by atoms with Gasteiger partial charge in [0.15, 0.2) is 0 Å². The van der Waals surface area contributed by atoms with E-state index in [0.29, 0.717) is 12.6 Å². The van der Waals surface area contributed by atoms with Crippen molar-refractivity contribution in [1.29, 1.82) is 0 Å². The Morgan fingerprint density at radius 2 is 1.84 bits per heavy atom. The van der Waals surface area contributed by atoms with E-state index in [0.717, 1.165) is 11.4 Å². The Hall–Kier alpha value is -1.71. The van der Waals surface area contributed by atoms with E-state index in [4.69, 9.17) is 4.74 Å². The van der Waals surface area contributed by atoms with Crippen molar-refractivity contribution in [3.8, 4) is 0 Å². The highest BCUT2D eigenvalue weighted by atomic mass is 16.5. The van der Waals surface area contributed by atoms with E-state index in [1.807, 2.05) is 24.3 Å². The number of anilines is 2. The van der Waals surface area contributed by atoms with Crippen molar-refractivity contribution in [3.63, 3.8) is 0 Å². The van der Waals surface area contributed by atoms with E-state index in [-0.39, 0.29) is 0 Å². The van der Waals surface area contributed by atoms with Gasteiger partial charge in [0.2, 0.25) is 0 Å². The second-order valence-electron chi connectivity index (χ2n) is 4.61. The van der Waals surface area contributed by atoms with Gasteiger partial charge in [-0.1, -0.05) is 19.8 Å². The summed E-state index contributed by atoms with van der Waals surface area (Å²) in [5.41, 5.74) is 1.81. The molecular formula is C15H24N2O2. The van der Waals surface area contributed by atoms with Crippen LogP contribution in [0.4, 0.5) is 16.2 Å². The molecule has 0 saturated heterocycles. The first-order valence-electron chi connectivity index (χ1n) is 6.96. The standard InChI is InChI=1S/C15H24N2O2/c1-4-6-7-12(3)16-13-8-10-14(11-9-13)17-15(18)19-5-2/h8-12,16H,4-7H2,1-3H3,(H,17,18). The average molecular weight is 264 g/mol. The highest BCUT2D eigenvalue weighted by molar-refractivity contribution is 5.84. The van der Waals surface area contributed by atoms with Crippen LogP contribution in [-0.4, -0.2) is 18.7 Å². The summed E-state index contributed by atoms with van der Waals surface area (Å²) in [6, 6.07) is 8.12. The Balaban J connectivity index is 2.45. The minimum absolute atomic E-state index is 0.375. The van der Waals surface area contributed by atoms with E-state index in [9.17, 15) is 4.79 Å². The lowest BCUT2D eigenvalue weighted by Gasteiger charge is -2.15. The van der Waals surface area contributed by atoms with Crippen LogP contribution in [-0.2, 0) is 4.74 Å². The lowest BCUT2D eigenvalue weighted by molar-refractivity contribution is 0.168. The third-order valence-corrected chi connectivity index (χ3v) is 2.81. The minimum Gasteiger partial charge on any atom is -0.450 e. The zero-order chi connectivity index (χ0) is 14.1. The van der Waals surface area contributed by atoms with Crippen LogP contribution in [0.2, 0.25) is 0 Å². The van der Waals surface area contributed by atoms with Crippen LogP contribution in [0.1, 0.15) is 40.0 Å². The molecule has 0 bridgehead atoms. The van der Waals surface area contributed by atoms with Crippen LogP contribution in [0.5, 0.6) is 0 Å². The SMILES string of the molecule is CCCCC(C)Nc1ccc(NC(=O)OCC)cc1. The number of hydrogen-bond acceptors (Lipinski definition) is 3. The van der Waals surface area contributed by atoms with Crippen molar-refractivity contribution in [2.75, 3.05) is 17.2 Å². The molecule has 0 saturated carbocycles. The smallest absolute Gasteiger partial charge is 0.411 e. The highest BCUT2D eigenvalue weighted by Crippen LogP contribution is 2.16. The summed E-state index contributed by atoms with van der Waals surface area (Å²) >= 11 is 0. The molecule has 4 nitrogen and oxygen atoms in total. The van der Waals surface area contributed by atoms with Gasteiger partial charge in [0, 0.05) is 17.4 Å². The van der Waals surface area contributed by atoms with Crippen molar-refractivity contribution in [3.05, 3.63) is 24.3 Å². The van der Waals surface area contributed by atoms with E-state index in [2.05, 4.69) is 24.5 Å². The second kappa shape index (κ2) is 8.40. The van der Waals surface area contributed by atoms with E-state index < -0.39 is 6.09 Å². The van der Waals surface area contributed by atoms with E-state index >= 15 is 0 Å². The zero-order valence-electron chi connectivity index (χ0n) is 12.0. The molecule has 1 atom stereocenters. The van der Waals surface area contributed by atoms with Gasteiger partial charge in [0.05, 0.1) is 6.61 Å². The van der Waals surface area contributed by atoms with Crippen LogP contribution in [0, 0.1) is 0 Å². The molecule has 0 radical (unpaired) electrons. The summed E-state index contributed by atoms with van der Waals surface area (Å²) in [5.74, 6) is 0. The van der Waals surface area contributed by atoms with Crippen molar-refractivity contribution < 1.29 is 9.53 Å². The molecule has 0 heterocycles. The van der Waals surface area contributed by atoms with Crippen molar-refractivity contribution in [1.82, 2.24) is 0 Å². The summed E-state index contributed by atoms with van der Waals surface area (Å²) in [6.07, 6.45) is 3.20. The lowest BCUT2D eigenvalue weighted by atomic mass is 10.1. The van der Waals surface area contributed by atoms with Crippen LogP contribution >= 0.6 is 0 Å². The van der Waals surface area contributed by atoms with Crippen LogP contribution < -0.4 is 10.6 Å². The first-order chi connectivity index (χ1) is 9.15. The van der Waals surface area contributed by atoms with Crippen molar-refractivity contribution in [2.24, 2.45) is 0 Å². The molecule has 19 heavy (non-hydrogen) atoms. The van der Waals surface area contributed by atoms with Gasteiger partial charge in [-0.2, -0.15) is 0 Å². The fraction of sp³-hybridized carbons (Fsp3) is 0.533. The first kappa shape index (κ1) is 15.3. The number of carbonyl (C=O) groups is 1. The van der Waals surface area contributed by atoms with Crippen LogP contribution in [0.25, 0.3) is 0 Å². The van der Waals surface area contributed by atoms with Crippen LogP contribution in [0.15, 0.2) is 24.3 Å². The number of unbranched alkanes of at least 4 members (excludes halogenated alkanes) is 1. The molecule has 4 heteroatoms. The maximum Gasteiger partial charge on any atom is 0.411 e. The summed E-state index contributed by atoms with van der Waals surface area (Å²) in [7, 11) is 0. The molecule has 1 aromatic carbocycles. The van der Waals surface area contributed by atoms with Gasteiger partial charge in [-0.25, -0.2) is 4.79 Å². The molecule has 0 fully saturated rings. The Bertz CT molecular complexity index is 376. The predicted octanol–water partition coefficient (Wildman–Crippen LogP) is 4.25. The molecule has 0 aliphatic carbocycles. The highest BCUT2D eigenvalue weighted by Gasteiger charge is 2.03. The van der Waals surface area contributed by atoms with Crippen LogP contribution in [0.3, 0.4) is 0 Å². The Morgan fingerprint density at radius 3 is 2.42 bits per heavy atom. The fourth-order valence-corrected chi connectivity index (χ4v) is 1.80. The summed E-state index contributed by atoms with van der Waals surface area (Å²) in [5, 5.41) is 6.11. The Kier molecular flexibility index (Phi) is 6.79. The molecule has 0 aliphatic heterocycles. The summed E-state index contributed by atoms with van der Waals surface area (Å²) in [6.45, 7) is 6.54. The van der Waals surface area contributed by atoms with Crippen molar-refractivity contribution >= 4 is 17.5 Å². The Morgan fingerprint density at radius 1 is 1.21 bits per heavy atom. The van der Waals surface area contributed by atoms with E-state index in [1.165, 1.54) is 19.3 Å². The summed E-state index contributed by atoms with van der Waals surface area (Å²) < 4.78 is 4.82. The minimum atomic E-state index is -0.417. The summed E-state index contributed by atoms with van der Waals surface area (Å²) in [4.78, 5) is 11.2. The fourth-order valence-electron chi connectivity index (χ4n) is 1.80. The molecule has 1 unspecified atom stereocenters. The van der Waals surface area contributed by atoms with Gasteiger partial charge in [-0.15, -0.1) is 0 Å². The molecule has 0 aromatic heterocycles.